The SMILES string of the molecule is CCNC(=NCCc1ccco1)NCCN(C)C(=O)OC(C)(C)C. The second-order valence-electron chi connectivity index (χ2n) is 6.42. The lowest BCUT2D eigenvalue weighted by molar-refractivity contribution is 0.0302. The van der Waals surface area contributed by atoms with Crippen molar-refractivity contribution in [2.75, 3.05) is 33.2 Å². The Balaban J connectivity index is 2.35. The number of furan rings is 1. The maximum Gasteiger partial charge on any atom is 0.410 e. The van der Waals surface area contributed by atoms with E-state index >= 15 is 0 Å². The third-order valence-electron chi connectivity index (χ3n) is 3.00. The van der Waals surface area contributed by atoms with E-state index in [9.17, 15) is 4.79 Å². The van der Waals surface area contributed by atoms with E-state index in [1.165, 1.54) is 0 Å². The molecular weight excluding hydrogens is 308 g/mol. The van der Waals surface area contributed by atoms with Crippen molar-refractivity contribution >= 4 is 12.1 Å². The van der Waals surface area contributed by atoms with Crippen molar-refractivity contribution in [3.05, 3.63) is 24.2 Å². The van der Waals surface area contributed by atoms with Gasteiger partial charge in [0.1, 0.15) is 11.4 Å². The minimum Gasteiger partial charge on any atom is -0.469 e. The molecule has 0 spiro atoms. The van der Waals surface area contributed by atoms with Crippen LogP contribution in [-0.2, 0) is 11.2 Å². The Labute approximate surface area is 144 Å². The van der Waals surface area contributed by atoms with E-state index in [4.69, 9.17) is 9.15 Å². The zero-order chi connectivity index (χ0) is 18.0. The summed E-state index contributed by atoms with van der Waals surface area (Å²) in [6.45, 7) is 10.1. The van der Waals surface area contributed by atoms with Gasteiger partial charge in [0.05, 0.1) is 6.26 Å². The van der Waals surface area contributed by atoms with Crippen LogP contribution in [0.1, 0.15) is 33.5 Å². The summed E-state index contributed by atoms with van der Waals surface area (Å²) < 4.78 is 10.6. The van der Waals surface area contributed by atoms with Gasteiger partial charge < -0.3 is 24.7 Å². The highest BCUT2D eigenvalue weighted by atomic mass is 16.6. The number of guanidine groups is 1. The number of ether oxygens (including phenoxy) is 1. The van der Waals surface area contributed by atoms with E-state index < -0.39 is 5.60 Å². The molecule has 7 nitrogen and oxygen atoms in total. The molecule has 136 valence electrons. The molecule has 0 atom stereocenters. The number of hydrogen-bond acceptors (Lipinski definition) is 4. The van der Waals surface area contributed by atoms with Gasteiger partial charge in [-0.05, 0) is 39.8 Å². The van der Waals surface area contributed by atoms with Crippen molar-refractivity contribution in [3.8, 4) is 0 Å². The molecule has 1 aromatic heterocycles. The van der Waals surface area contributed by atoms with Crippen LogP contribution in [0, 0.1) is 0 Å². The summed E-state index contributed by atoms with van der Waals surface area (Å²) in [7, 11) is 1.72. The van der Waals surface area contributed by atoms with E-state index in [-0.39, 0.29) is 6.09 Å². The highest BCUT2D eigenvalue weighted by Crippen LogP contribution is 2.08. The minimum absolute atomic E-state index is 0.330. The number of hydrogen-bond donors (Lipinski definition) is 2. The first-order valence-corrected chi connectivity index (χ1v) is 8.30. The fraction of sp³-hybridized carbons (Fsp3) is 0.647. The Hall–Kier alpha value is -2.18. The van der Waals surface area contributed by atoms with Crippen LogP contribution < -0.4 is 10.6 Å². The first-order chi connectivity index (χ1) is 11.3. The zero-order valence-corrected chi connectivity index (χ0v) is 15.4. The number of aliphatic imine (C=N–C) groups is 1. The zero-order valence-electron chi connectivity index (χ0n) is 15.4. The van der Waals surface area contributed by atoms with Crippen molar-refractivity contribution < 1.29 is 13.9 Å². The molecule has 0 aliphatic rings. The fourth-order valence-electron chi connectivity index (χ4n) is 1.85. The smallest absolute Gasteiger partial charge is 0.410 e. The lowest BCUT2D eigenvalue weighted by Crippen LogP contribution is -2.43. The third kappa shape index (κ3) is 8.45. The molecular formula is C17H30N4O3. The van der Waals surface area contributed by atoms with Gasteiger partial charge in [0.25, 0.3) is 0 Å². The molecule has 0 saturated heterocycles. The highest BCUT2D eigenvalue weighted by molar-refractivity contribution is 5.79. The highest BCUT2D eigenvalue weighted by Gasteiger charge is 2.19. The van der Waals surface area contributed by atoms with Crippen molar-refractivity contribution in [2.24, 2.45) is 4.99 Å². The van der Waals surface area contributed by atoms with E-state index in [1.54, 1.807) is 18.2 Å². The Bertz CT molecular complexity index is 506. The maximum absolute atomic E-state index is 11.9. The molecule has 0 fully saturated rings. The molecule has 0 radical (unpaired) electrons. The van der Waals surface area contributed by atoms with Gasteiger partial charge in [-0.3, -0.25) is 4.99 Å². The molecule has 7 heteroatoms. The number of nitrogens with one attached hydrogen (secondary N) is 2. The van der Waals surface area contributed by atoms with Crippen molar-refractivity contribution in [2.45, 2.75) is 39.7 Å². The Morgan fingerprint density at radius 3 is 2.71 bits per heavy atom. The van der Waals surface area contributed by atoms with Crippen LogP contribution in [0.4, 0.5) is 4.79 Å². The fourth-order valence-corrected chi connectivity index (χ4v) is 1.85. The van der Waals surface area contributed by atoms with Gasteiger partial charge in [0.2, 0.25) is 0 Å². The van der Waals surface area contributed by atoms with E-state index in [0.29, 0.717) is 19.6 Å². The molecule has 2 N–H and O–H groups in total. The number of rotatable bonds is 7. The number of carbonyl (C=O) groups is 1. The Kier molecular flexibility index (Phi) is 8.15. The topological polar surface area (TPSA) is 79.1 Å². The van der Waals surface area contributed by atoms with Gasteiger partial charge in [0, 0.05) is 39.6 Å². The molecule has 0 unspecified atom stereocenters. The van der Waals surface area contributed by atoms with Gasteiger partial charge in [0.15, 0.2) is 5.96 Å². The molecule has 1 heterocycles. The first kappa shape index (κ1) is 19.9. The van der Waals surface area contributed by atoms with Crippen LogP contribution in [-0.4, -0.2) is 55.8 Å². The second-order valence-corrected chi connectivity index (χ2v) is 6.42. The predicted molar refractivity (Wildman–Crippen MR) is 95.3 cm³/mol. The van der Waals surface area contributed by atoms with Gasteiger partial charge >= 0.3 is 6.09 Å². The molecule has 0 aliphatic heterocycles. The monoisotopic (exact) mass is 338 g/mol. The average molecular weight is 338 g/mol. The summed E-state index contributed by atoms with van der Waals surface area (Å²) in [6.07, 6.45) is 2.08. The van der Waals surface area contributed by atoms with E-state index in [0.717, 1.165) is 24.7 Å². The lowest BCUT2D eigenvalue weighted by Gasteiger charge is -2.24. The molecule has 1 rings (SSSR count). The van der Waals surface area contributed by atoms with Crippen molar-refractivity contribution in [1.29, 1.82) is 0 Å². The van der Waals surface area contributed by atoms with Crippen LogP contribution in [0.2, 0.25) is 0 Å². The van der Waals surface area contributed by atoms with Crippen LogP contribution in [0.3, 0.4) is 0 Å². The summed E-state index contributed by atoms with van der Waals surface area (Å²) in [5.41, 5.74) is -0.485. The summed E-state index contributed by atoms with van der Waals surface area (Å²) >= 11 is 0. The lowest BCUT2D eigenvalue weighted by atomic mass is 10.2. The molecule has 0 aliphatic carbocycles. The van der Waals surface area contributed by atoms with Crippen molar-refractivity contribution in [3.63, 3.8) is 0 Å². The molecule has 0 saturated carbocycles. The van der Waals surface area contributed by atoms with Gasteiger partial charge in [-0.2, -0.15) is 0 Å². The summed E-state index contributed by atoms with van der Waals surface area (Å²) in [4.78, 5) is 17.9. The Morgan fingerprint density at radius 2 is 2.12 bits per heavy atom. The summed E-state index contributed by atoms with van der Waals surface area (Å²) in [6, 6.07) is 3.81. The van der Waals surface area contributed by atoms with Crippen LogP contribution >= 0.6 is 0 Å². The van der Waals surface area contributed by atoms with Gasteiger partial charge in [-0.1, -0.05) is 0 Å². The molecule has 1 amide bonds. The van der Waals surface area contributed by atoms with E-state index in [2.05, 4.69) is 15.6 Å². The number of nitrogens with zero attached hydrogens (tertiary/aromatic N) is 2. The standard InChI is InChI=1S/C17H30N4O3/c1-6-18-15(19-10-9-14-8-7-13-23-14)20-11-12-21(5)16(22)24-17(2,3)4/h7-8,13H,6,9-12H2,1-5H3,(H2,18,19,20). The van der Waals surface area contributed by atoms with Crippen molar-refractivity contribution in [1.82, 2.24) is 15.5 Å². The molecule has 1 aromatic rings. The van der Waals surface area contributed by atoms with Gasteiger partial charge in [-0.15, -0.1) is 0 Å². The molecule has 0 bridgehead atoms. The van der Waals surface area contributed by atoms with Crippen LogP contribution in [0.25, 0.3) is 0 Å². The first-order valence-electron chi connectivity index (χ1n) is 8.30. The largest absolute Gasteiger partial charge is 0.469 e. The summed E-state index contributed by atoms with van der Waals surface area (Å²) in [5, 5.41) is 6.39. The average Bonchev–Trinajstić information content (AvgIpc) is 2.98. The summed E-state index contributed by atoms with van der Waals surface area (Å²) in [5.74, 6) is 1.64. The van der Waals surface area contributed by atoms with Crippen LogP contribution in [0.5, 0.6) is 0 Å². The number of carbonyl (C=O) groups excluding carboxylic acids is 1. The quantitative estimate of drug-likeness (QED) is 0.589. The van der Waals surface area contributed by atoms with Crippen LogP contribution in [0.15, 0.2) is 27.8 Å². The second kappa shape index (κ2) is 9.85. The number of likely N-dealkylation sites (N-methyl/N-ethyl adjacent to an activating group) is 1. The third-order valence-corrected chi connectivity index (χ3v) is 3.00. The Morgan fingerprint density at radius 1 is 1.38 bits per heavy atom. The molecule has 0 aromatic carbocycles. The number of amides is 1. The predicted octanol–water partition coefficient (Wildman–Crippen LogP) is 2.24. The maximum atomic E-state index is 11.9. The molecule has 24 heavy (non-hydrogen) atoms. The van der Waals surface area contributed by atoms with E-state index in [1.807, 2.05) is 39.8 Å². The minimum atomic E-state index is -0.485. The normalized spacial score (nSPS) is 12.0. The van der Waals surface area contributed by atoms with Gasteiger partial charge in [-0.25, -0.2) is 4.79 Å².